The quantitative estimate of drug-likeness (QED) is 0.352. The molecule has 0 rings (SSSR count). The van der Waals surface area contributed by atoms with Gasteiger partial charge in [0, 0.05) is 6.04 Å². The normalized spacial score (nSPS) is 12.8. The van der Waals surface area contributed by atoms with Crippen molar-refractivity contribution in [3.05, 3.63) is 0 Å². The zero-order valence-corrected chi connectivity index (χ0v) is 7.93. The van der Waals surface area contributed by atoms with Gasteiger partial charge in [0.05, 0.1) is 0 Å². The molecule has 0 bridgehead atoms. The molecule has 82 valence electrons. The summed E-state index contributed by atoms with van der Waals surface area (Å²) < 4.78 is 0. The Balaban J connectivity index is 4.26. The molecule has 0 spiro atoms. The van der Waals surface area contributed by atoms with E-state index in [9.17, 15) is 9.59 Å². The highest BCUT2D eigenvalue weighted by Crippen LogP contribution is 2.11. The number of carbonyl (C=O) groups is 2. The van der Waals surface area contributed by atoms with Crippen LogP contribution in [0, 0.1) is 5.92 Å². The van der Waals surface area contributed by atoms with E-state index in [0.29, 0.717) is 6.42 Å². The van der Waals surface area contributed by atoms with Gasteiger partial charge in [0.15, 0.2) is 5.92 Å². The Labute approximate surface area is 81.5 Å². The summed E-state index contributed by atoms with van der Waals surface area (Å²) in [5.41, 5.74) is 1.92. The van der Waals surface area contributed by atoms with Gasteiger partial charge in [-0.1, -0.05) is 13.3 Å². The summed E-state index contributed by atoms with van der Waals surface area (Å²) in [6.07, 6.45) is 1.16. The van der Waals surface area contributed by atoms with Crippen molar-refractivity contribution in [3.63, 3.8) is 0 Å². The van der Waals surface area contributed by atoms with Crippen molar-refractivity contribution in [1.82, 2.24) is 5.48 Å². The fourth-order valence-electron chi connectivity index (χ4n) is 1.18. The second-order valence-electron chi connectivity index (χ2n) is 3.08. The van der Waals surface area contributed by atoms with E-state index in [1.165, 1.54) is 0 Å². The molecule has 0 aliphatic carbocycles. The van der Waals surface area contributed by atoms with Gasteiger partial charge in [-0.15, -0.1) is 0 Å². The molecule has 0 fully saturated rings. The van der Waals surface area contributed by atoms with Crippen LogP contribution in [0.4, 0.5) is 0 Å². The summed E-state index contributed by atoms with van der Waals surface area (Å²) in [4.78, 5) is 21.0. The third kappa shape index (κ3) is 4.20. The molecule has 14 heavy (non-hydrogen) atoms. The Morgan fingerprint density at radius 2 is 1.79 bits per heavy atom. The minimum Gasteiger partial charge on any atom is -0.481 e. The zero-order chi connectivity index (χ0) is 11.1. The van der Waals surface area contributed by atoms with Crippen molar-refractivity contribution in [3.8, 4) is 0 Å². The number of hydrogen-bond acceptors (Lipinski definition) is 4. The summed E-state index contributed by atoms with van der Waals surface area (Å²) >= 11 is 0. The fourth-order valence-corrected chi connectivity index (χ4v) is 1.18. The predicted octanol–water partition coefficient (Wildman–Crippen LogP) is 0.309. The number of aliphatic carboxylic acids is 2. The minimum absolute atomic E-state index is 0.116. The van der Waals surface area contributed by atoms with Crippen molar-refractivity contribution in [2.75, 3.05) is 0 Å². The van der Waals surface area contributed by atoms with Crippen LogP contribution in [0.25, 0.3) is 0 Å². The molecule has 1 unspecified atom stereocenters. The van der Waals surface area contributed by atoms with Gasteiger partial charge in [-0.2, -0.15) is 0 Å². The Morgan fingerprint density at radius 1 is 1.29 bits per heavy atom. The van der Waals surface area contributed by atoms with Gasteiger partial charge in [0.1, 0.15) is 0 Å². The summed E-state index contributed by atoms with van der Waals surface area (Å²) in [5.74, 6) is -4.23. The SMILES string of the molecule is CCCC(CC(C(=O)O)C(=O)O)NO. The predicted molar refractivity (Wildman–Crippen MR) is 47.0 cm³/mol. The van der Waals surface area contributed by atoms with Crippen LogP contribution in [0.3, 0.4) is 0 Å². The van der Waals surface area contributed by atoms with E-state index in [0.717, 1.165) is 6.42 Å². The molecule has 0 aromatic carbocycles. The summed E-state index contributed by atoms with van der Waals surface area (Å²) in [6, 6.07) is -0.489. The third-order valence-corrected chi connectivity index (χ3v) is 1.94. The highest BCUT2D eigenvalue weighted by atomic mass is 16.5. The van der Waals surface area contributed by atoms with Gasteiger partial charge < -0.3 is 15.4 Å². The lowest BCUT2D eigenvalue weighted by molar-refractivity contribution is -0.155. The summed E-state index contributed by atoms with van der Waals surface area (Å²) in [6.45, 7) is 1.86. The first kappa shape index (κ1) is 12.9. The summed E-state index contributed by atoms with van der Waals surface area (Å²) in [5, 5.41) is 25.8. The van der Waals surface area contributed by atoms with E-state index in [1.807, 2.05) is 12.4 Å². The highest BCUT2D eigenvalue weighted by molar-refractivity contribution is 5.92. The molecule has 0 saturated heterocycles. The maximum Gasteiger partial charge on any atom is 0.317 e. The maximum atomic E-state index is 10.5. The Morgan fingerprint density at radius 3 is 2.07 bits per heavy atom. The topological polar surface area (TPSA) is 107 Å². The molecule has 0 aliphatic rings. The van der Waals surface area contributed by atoms with Crippen LogP contribution in [0.2, 0.25) is 0 Å². The number of nitrogens with one attached hydrogen (secondary N) is 1. The molecule has 0 amide bonds. The van der Waals surface area contributed by atoms with Crippen molar-refractivity contribution < 1.29 is 25.0 Å². The number of hydrogen-bond donors (Lipinski definition) is 4. The Hall–Kier alpha value is -1.14. The molecule has 6 heteroatoms. The van der Waals surface area contributed by atoms with Gasteiger partial charge in [0.25, 0.3) is 0 Å². The lowest BCUT2D eigenvalue weighted by Crippen LogP contribution is -2.34. The van der Waals surface area contributed by atoms with Gasteiger partial charge in [-0.05, 0) is 12.8 Å². The van der Waals surface area contributed by atoms with Crippen LogP contribution in [-0.4, -0.2) is 33.4 Å². The van der Waals surface area contributed by atoms with Crippen molar-refractivity contribution in [1.29, 1.82) is 0 Å². The monoisotopic (exact) mass is 205 g/mol. The average molecular weight is 205 g/mol. The zero-order valence-electron chi connectivity index (χ0n) is 7.93. The molecule has 0 aromatic heterocycles. The average Bonchev–Trinajstić information content (AvgIpc) is 2.10. The van der Waals surface area contributed by atoms with E-state index >= 15 is 0 Å². The molecular formula is C8H15NO5. The van der Waals surface area contributed by atoms with Crippen molar-refractivity contribution in [2.45, 2.75) is 32.2 Å². The molecule has 0 heterocycles. The van der Waals surface area contributed by atoms with Gasteiger partial charge >= 0.3 is 11.9 Å². The second kappa shape index (κ2) is 6.33. The molecule has 0 saturated carbocycles. The van der Waals surface area contributed by atoms with E-state index in [-0.39, 0.29) is 6.42 Å². The van der Waals surface area contributed by atoms with Gasteiger partial charge in [-0.25, -0.2) is 5.48 Å². The van der Waals surface area contributed by atoms with Crippen LogP contribution in [-0.2, 0) is 9.59 Å². The standard InChI is InChI=1S/C8H15NO5/c1-2-3-5(9-14)4-6(7(10)11)8(12)13/h5-6,9,14H,2-4H2,1H3,(H,10,11)(H,12,13). The molecule has 0 radical (unpaired) electrons. The second-order valence-corrected chi connectivity index (χ2v) is 3.08. The van der Waals surface area contributed by atoms with Crippen LogP contribution in [0.5, 0.6) is 0 Å². The van der Waals surface area contributed by atoms with E-state index in [4.69, 9.17) is 15.4 Å². The van der Waals surface area contributed by atoms with Crippen LogP contribution < -0.4 is 5.48 Å². The molecule has 0 aliphatic heterocycles. The largest absolute Gasteiger partial charge is 0.481 e. The van der Waals surface area contributed by atoms with E-state index < -0.39 is 23.9 Å². The number of carboxylic acids is 2. The molecule has 1 atom stereocenters. The Bertz CT molecular complexity index is 192. The van der Waals surface area contributed by atoms with Crippen molar-refractivity contribution in [2.24, 2.45) is 5.92 Å². The van der Waals surface area contributed by atoms with Gasteiger partial charge in [0.2, 0.25) is 0 Å². The molecule has 4 N–H and O–H groups in total. The van der Waals surface area contributed by atoms with Gasteiger partial charge in [-0.3, -0.25) is 9.59 Å². The number of hydroxylamine groups is 1. The first-order valence-corrected chi connectivity index (χ1v) is 4.38. The maximum absolute atomic E-state index is 10.5. The van der Waals surface area contributed by atoms with Crippen LogP contribution >= 0.6 is 0 Å². The molecular weight excluding hydrogens is 190 g/mol. The lowest BCUT2D eigenvalue weighted by Gasteiger charge is -2.16. The first-order valence-electron chi connectivity index (χ1n) is 4.38. The van der Waals surface area contributed by atoms with Crippen LogP contribution in [0.15, 0.2) is 0 Å². The fraction of sp³-hybridized carbons (Fsp3) is 0.750. The molecule has 6 nitrogen and oxygen atoms in total. The smallest absolute Gasteiger partial charge is 0.317 e. The van der Waals surface area contributed by atoms with Crippen molar-refractivity contribution >= 4 is 11.9 Å². The Kier molecular flexibility index (Phi) is 5.82. The third-order valence-electron chi connectivity index (χ3n) is 1.94. The van der Waals surface area contributed by atoms with E-state index in [2.05, 4.69) is 0 Å². The lowest BCUT2D eigenvalue weighted by atomic mass is 9.98. The van der Waals surface area contributed by atoms with E-state index in [1.54, 1.807) is 0 Å². The number of rotatable bonds is 7. The van der Waals surface area contributed by atoms with Crippen LogP contribution in [0.1, 0.15) is 26.2 Å². The molecule has 0 aromatic rings. The minimum atomic E-state index is -1.47. The number of carboxylic acid groups (broad SMARTS) is 2. The first-order chi connectivity index (χ1) is 6.52. The highest BCUT2D eigenvalue weighted by Gasteiger charge is 2.28. The summed E-state index contributed by atoms with van der Waals surface area (Å²) in [7, 11) is 0.